The van der Waals surface area contributed by atoms with Crippen molar-refractivity contribution in [1.29, 1.82) is 0 Å². The molecule has 1 heterocycles. The minimum atomic E-state index is -0.579. The van der Waals surface area contributed by atoms with Crippen molar-refractivity contribution in [3.8, 4) is 0 Å². The van der Waals surface area contributed by atoms with Crippen LogP contribution in [0.1, 0.15) is 62.6 Å². The number of benzene rings is 1. The molecule has 1 fully saturated rings. The van der Waals surface area contributed by atoms with E-state index >= 15 is 0 Å². The molecule has 1 N–H and O–H groups in total. The average molecular weight is 435 g/mol. The second kappa shape index (κ2) is 9.00. The number of nitrogens with zero attached hydrogens (tertiary/aromatic N) is 1. The summed E-state index contributed by atoms with van der Waals surface area (Å²) in [5, 5.41) is 2.87. The molecular weight excluding hydrogens is 408 g/mol. The van der Waals surface area contributed by atoms with Gasteiger partial charge in [0.05, 0.1) is 12.6 Å². The highest BCUT2D eigenvalue weighted by Crippen LogP contribution is 2.32. The Morgan fingerprint density at radius 1 is 1.26 bits per heavy atom. The lowest BCUT2D eigenvalue weighted by Gasteiger charge is -2.31. The van der Waals surface area contributed by atoms with E-state index in [2.05, 4.69) is 26.2 Å². The third kappa shape index (κ3) is 4.98. The maximum absolute atomic E-state index is 13.0. The van der Waals surface area contributed by atoms with E-state index in [4.69, 9.17) is 4.74 Å². The van der Waals surface area contributed by atoms with E-state index in [9.17, 15) is 9.59 Å². The van der Waals surface area contributed by atoms with E-state index in [-0.39, 0.29) is 5.97 Å². The van der Waals surface area contributed by atoms with E-state index in [0.29, 0.717) is 24.7 Å². The molecule has 2 unspecified atom stereocenters. The van der Waals surface area contributed by atoms with Crippen LogP contribution in [0.15, 0.2) is 27.7 Å². The maximum atomic E-state index is 13.0. The number of rotatable bonds is 5. The van der Waals surface area contributed by atoms with Crippen molar-refractivity contribution in [2.24, 2.45) is 16.8 Å². The fraction of sp³-hybridized carbons (Fsp3) is 0.571. The molecule has 2 amide bonds. The molecule has 1 aromatic rings. The number of aryl methyl sites for hydroxylation is 1. The Bertz CT molecular complexity index is 721. The van der Waals surface area contributed by atoms with Gasteiger partial charge in [0.15, 0.2) is 0 Å². The van der Waals surface area contributed by atoms with Crippen LogP contribution >= 0.6 is 15.9 Å². The van der Waals surface area contributed by atoms with Crippen molar-refractivity contribution in [3.63, 3.8) is 0 Å². The zero-order valence-electron chi connectivity index (χ0n) is 16.0. The smallest absolute Gasteiger partial charge is 0.341 e. The van der Waals surface area contributed by atoms with Crippen LogP contribution in [-0.2, 0) is 9.53 Å². The van der Waals surface area contributed by atoms with Gasteiger partial charge in [-0.3, -0.25) is 4.79 Å². The third-order valence-corrected chi connectivity index (χ3v) is 5.90. The molecular formula is C21H27BrN2O3. The fourth-order valence-corrected chi connectivity index (χ4v) is 4.70. The summed E-state index contributed by atoms with van der Waals surface area (Å²) in [6, 6.07) is 5.08. The van der Waals surface area contributed by atoms with E-state index in [1.807, 2.05) is 32.0 Å². The number of halogens is 1. The predicted molar refractivity (Wildman–Crippen MR) is 109 cm³/mol. The standard InChI is InChI=1S/C21H27BrN2O3/c1-3-17-18(20(25)27-12-14-7-5-4-6-8-14)19(24-21(26)23-17)15-9-13(2)10-16(22)11-15/h9-11,14,18-19H,3-8,12H2,1-2H3,(H,24,26). The summed E-state index contributed by atoms with van der Waals surface area (Å²) in [6.07, 6.45) is 6.48. The van der Waals surface area contributed by atoms with Gasteiger partial charge in [0.2, 0.25) is 0 Å². The molecule has 1 aliphatic carbocycles. The average Bonchev–Trinajstić information content (AvgIpc) is 2.65. The van der Waals surface area contributed by atoms with Gasteiger partial charge in [-0.1, -0.05) is 48.2 Å². The van der Waals surface area contributed by atoms with Crippen molar-refractivity contribution in [3.05, 3.63) is 33.8 Å². The molecule has 1 saturated carbocycles. The second-order valence-corrected chi connectivity index (χ2v) is 8.47. The number of hydrogen-bond acceptors (Lipinski definition) is 3. The van der Waals surface area contributed by atoms with Gasteiger partial charge in [-0.15, -0.1) is 0 Å². The molecule has 0 spiro atoms. The first-order valence-corrected chi connectivity index (χ1v) is 10.6. The Kier molecular flexibility index (Phi) is 6.68. The SMILES string of the molecule is CCC1=NC(=O)NC(c2cc(C)cc(Br)c2)C1C(=O)OCC1CCCCC1. The number of carbonyl (C=O) groups excluding carboxylic acids is 2. The minimum Gasteiger partial charge on any atom is -0.465 e. The van der Waals surface area contributed by atoms with Crippen LogP contribution in [0.5, 0.6) is 0 Å². The second-order valence-electron chi connectivity index (χ2n) is 7.56. The number of aliphatic imine (C=N–C) groups is 1. The molecule has 2 atom stereocenters. The first-order valence-electron chi connectivity index (χ1n) is 9.79. The summed E-state index contributed by atoms with van der Waals surface area (Å²) >= 11 is 3.51. The number of esters is 1. The molecule has 0 radical (unpaired) electrons. The molecule has 5 nitrogen and oxygen atoms in total. The molecule has 0 aromatic heterocycles. The number of nitrogens with one attached hydrogen (secondary N) is 1. The van der Waals surface area contributed by atoms with Crippen LogP contribution in [0.4, 0.5) is 4.79 Å². The molecule has 0 bridgehead atoms. The van der Waals surface area contributed by atoms with Gasteiger partial charge in [-0.25, -0.2) is 9.79 Å². The Balaban J connectivity index is 1.82. The van der Waals surface area contributed by atoms with Crippen LogP contribution in [0.2, 0.25) is 0 Å². The normalized spacial score (nSPS) is 23.5. The number of ether oxygens (including phenoxy) is 1. The first-order chi connectivity index (χ1) is 13.0. The quantitative estimate of drug-likeness (QED) is 0.654. The molecule has 1 aromatic carbocycles. The predicted octanol–water partition coefficient (Wildman–Crippen LogP) is 5.11. The highest BCUT2D eigenvalue weighted by molar-refractivity contribution is 9.10. The number of urea groups is 1. The lowest BCUT2D eigenvalue weighted by atomic mass is 9.86. The summed E-state index contributed by atoms with van der Waals surface area (Å²) in [5.74, 6) is -0.414. The van der Waals surface area contributed by atoms with E-state index in [0.717, 1.165) is 28.4 Å². The molecule has 0 saturated heterocycles. The molecule has 2 aliphatic rings. The van der Waals surface area contributed by atoms with Crippen molar-refractivity contribution < 1.29 is 14.3 Å². The molecule has 1 aliphatic heterocycles. The van der Waals surface area contributed by atoms with Crippen LogP contribution < -0.4 is 5.32 Å². The highest BCUT2D eigenvalue weighted by atomic mass is 79.9. The van der Waals surface area contributed by atoms with Gasteiger partial charge < -0.3 is 10.1 Å². The zero-order chi connectivity index (χ0) is 19.4. The zero-order valence-corrected chi connectivity index (χ0v) is 17.5. The van der Waals surface area contributed by atoms with Gasteiger partial charge in [0.25, 0.3) is 0 Å². The van der Waals surface area contributed by atoms with E-state index in [1.54, 1.807) is 0 Å². The van der Waals surface area contributed by atoms with Gasteiger partial charge >= 0.3 is 12.0 Å². The van der Waals surface area contributed by atoms with Crippen molar-refractivity contribution in [2.75, 3.05) is 6.61 Å². The van der Waals surface area contributed by atoms with Gasteiger partial charge in [-0.05, 0) is 55.4 Å². The van der Waals surface area contributed by atoms with E-state index < -0.39 is 18.0 Å². The van der Waals surface area contributed by atoms with Gasteiger partial charge in [0.1, 0.15) is 5.92 Å². The number of hydrogen-bond donors (Lipinski definition) is 1. The Morgan fingerprint density at radius 2 is 2.00 bits per heavy atom. The molecule has 3 rings (SSSR count). The molecule has 146 valence electrons. The summed E-state index contributed by atoms with van der Waals surface area (Å²) in [7, 11) is 0. The molecule has 27 heavy (non-hydrogen) atoms. The van der Waals surface area contributed by atoms with Gasteiger partial charge in [-0.2, -0.15) is 0 Å². The fourth-order valence-electron chi connectivity index (χ4n) is 4.08. The highest BCUT2D eigenvalue weighted by Gasteiger charge is 2.39. The Morgan fingerprint density at radius 3 is 2.67 bits per heavy atom. The maximum Gasteiger partial charge on any atom is 0.341 e. The van der Waals surface area contributed by atoms with Crippen LogP contribution in [-0.4, -0.2) is 24.3 Å². The first kappa shape index (κ1) is 20.1. The minimum absolute atomic E-state index is 0.288. The van der Waals surface area contributed by atoms with Crippen LogP contribution in [0.25, 0.3) is 0 Å². The van der Waals surface area contributed by atoms with Crippen molar-refractivity contribution in [2.45, 2.75) is 58.4 Å². The summed E-state index contributed by atoms with van der Waals surface area (Å²) in [4.78, 5) is 29.2. The third-order valence-electron chi connectivity index (χ3n) is 5.44. The lowest BCUT2D eigenvalue weighted by molar-refractivity contribution is -0.148. The van der Waals surface area contributed by atoms with Crippen LogP contribution in [0, 0.1) is 18.8 Å². The summed E-state index contributed by atoms with van der Waals surface area (Å²) in [6.45, 7) is 4.37. The van der Waals surface area contributed by atoms with E-state index in [1.165, 1.54) is 19.3 Å². The number of amides is 2. The Hall–Kier alpha value is -1.69. The monoisotopic (exact) mass is 434 g/mol. The summed E-state index contributed by atoms with van der Waals surface area (Å²) < 4.78 is 6.64. The number of carbonyl (C=O) groups is 2. The lowest BCUT2D eigenvalue weighted by Crippen LogP contribution is -2.45. The van der Waals surface area contributed by atoms with Crippen molar-refractivity contribution in [1.82, 2.24) is 5.32 Å². The largest absolute Gasteiger partial charge is 0.465 e. The van der Waals surface area contributed by atoms with Crippen LogP contribution in [0.3, 0.4) is 0 Å². The Labute approximate surface area is 169 Å². The topological polar surface area (TPSA) is 67.8 Å². The molecule has 6 heteroatoms. The summed E-state index contributed by atoms with van der Waals surface area (Å²) in [5.41, 5.74) is 2.54. The van der Waals surface area contributed by atoms with Gasteiger partial charge in [0, 0.05) is 10.2 Å². The van der Waals surface area contributed by atoms with Crippen molar-refractivity contribution >= 4 is 33.6 Å².